The van der Waals surface area contributed by atoms with Crippen molar-refractivity contribution in [2.45, 2.75) is 30.8 Å². The maximum absolute atomic E-state index is 14.5. The molecule has 3 heterocycles. The summed E-state index contributed by atoms with van der Waals surface area (Å²) in [7, 11) is -3.71. The molecule has 0 unspecified atom stereocenters. The summed E-state index contributed by atoms with van der Waals surface area (Å²) in [6, 6.07) is 12.8. The predicted molar refractivity (Wildman–Crippen MR) is 146 cm³/mol. The van der Waals surface area contributed by atoms with E-state index in [4.69, 9.17) is 0 Å². The largest absolute Gasteiger partial charge is 0.368 e. The molecule has 2 aromatic carbocycles. The molecule has 0 spiro atoms. The van der Waals surface area contributed by atoms with Crippen molar-refractivity contribution < 1.29 is 21.9 Å². The van der Waals surface area contributed by atoms with Crippen molar-refractivity contribution in [1.29, 1.82) is 0 Å². The molecule has 36 heavy (non-hydrogen) atoms. The predicted octanol–water partition coefficient (Wildman–Crippen LogP) is 5.07. The highest BCUT2D eigenvalue weighted by Gasteiger charge is 2.31. The lowest BCUT2D eigenvalue weighted by atomic mass is 10.1. The van der Waals surface area contributed by atoms with Crippen LogP contribution in [0.1, 0.15) is 24.2 Å². The van der Waals surface area contributed by atoms with E-state index in [0.717, 1.165) is 11.1 Å². The molecule has 8 nitrogen and oxygen atoms in total. The molecular formula is C25H32FN5O3S2. The molecule has 1 aliphatic rings. The first-order valence-electron chi connectivity index (χ1n) is 11.6. The fourth-order valence-corrected chi connectivity index (χ4v) is 6.45. The molecule has 4 aromatic rings. The van der Waals surface area contributed by atoms with Crippen LogP contribution < -0.4 is 9.62 Å². The molecule has 0 saturated carbocycles. The van der Waals surface area contributed by atoms with Crippen molar-refractivity contribution in [3.63, 3.8) is 0 Å². The average molecular weight is 534 g/mol. The molecule has 1 amide bonds. The van der Waals surface area contributed by atoms with Gasteiger partial charge in [-0.1, -0.05) is 12.1 Å². The van der Waals surface area contributed by atoms with Gasteiger partial charge >= 0.3 is 0 Å². The van der Waals surface area contributed by atoms with Crippen LogP contribution in [0, 0.1) is 5.82 Å². The van der Waals surface area contributed by atoms with Crippen molar-refractivity contribution in [2.24, 2.45) is 0 Å². The van der Waals surface area contributed by atoms with Gasteiger partial charge in [0.2, 0.25) is 5.91 Å². The quantitative estimate of drug-likeness (QED) is 0.374. The highest BCUT2D eigenvalue weighted by atomic mass is 32.2. The first-order valence-corrected chi connectivity index (χ1v) is 13.9. The number of nitrogens with one attached hydrogen (secondary N) is 1. The van der Waals surface area contributed by atoms with Crippen molar-refractivity contribution in [1.82, 2.24) is 14.5 Å². The molecule has 1 aliphatic heterocycles. The van der Waals surface area contributed by atoms with E-state index in [1.165, 1.54) is 23.6 Å². The standard InChI is InChI=1S/C25H26FN5O3S2.3H2/c1-17-16-29(20-6-8-21(9-7-20)36(33,34)28-25-27-11-15-35-25)13-14-30(17)24(32)18(2)31-12-10-19-4-3-5-22(26)23(19)31;;;/h3-12,15,17-18H,13-14,16H2,1-2H3,(H,27,28);3*1H/t17-,18+;;;/m0.../s1. The molecule has 11 heteroatoms. The van der Waals surface area contributed by atoms with Crippen LogP contribution >= 0.6 is 11.3 Å². The monoisotopic (exact) mass is 533 g/mol. The van der Waals surface area contributed by atoms with Crippen molar-refractivity contribution in [3.8, 4) is 0 Å². The molecule has 5 rings (SSSR count). The lowest BCUT2D eigenvalue weighted by Gasteiger charge is -2.42. The number of benzene rings is 2. The number of amides is 1. The number of halogens is 1. The molecule has 1 N–H and O–H groups in total. The highest BCUT2D eigenvalue weighted by molar-refractivity contribution is 7.93. The van der Waals surface area contributed by atoms with E-state index in [0.29, 0.717) is 30.3 Å². The zero-order valence-corrected chi connectivity index (χ0v) is 21.5. The first-order chi connectivity index (χ1) is 17.2. The molecular weight excluding hydrogens is 501 g/mol. The Kier molecular flexibility index (Phi) is 6.44. The Morgan fingerprint density at radius 3 is 2.67 bits per heavy atom. The van der Waals surface area contributed by atoms with E-state index in [1.54, 1.807) is 53.4 Å². The molecule has 0 bridgehead atoms. The maximum atomic E-state index is 14.5. The number of fused-ring (bicyclic) bond motifs is 1. The van der Waals surface area contributed by atoms with E-state index in [1.807, 2.05) is 24.0 Å². The summed E-state index contributed by atoms with van der Waals surface area (Å²) in [5.41, 5.74) is 1.32. The van der Waals surface area contributed by atoms with Crippen LogP contribution in [0.4, 0.5) is 15.2 Å². The molecule has 0 radical (unpaired) electrons. The van der Waals surface area contributed by atoms with Crippen molar-refractivity contribution in [3.05, 3.63) is 72.1 Å². The van der Waals surface area contributed by atoms with Gasteiger partial charge in [-0.25, -0.2) is 17.8 Å². The van der Waals surface area contributed by atoms with Crippen LogP contribution in [0.2, 0.25) is 0 Å². The molecule has 1 saturated heterocycles. The summed E-state index contributed by atoms with van der Waals surface area (Å²) >= 11 is 1.21. The Balaban J connectivity index is 0.00000178. The SMILES string of the molecule is C[C@H](C(=O)N1CCN(c2ccc(S(=O)(=O)Nc3nccs3)cc2)C[C@@H]1C)n1ccc2cccc(F)c21.[HH].[HH].[HH]. The molecule has 194 valence electrons. The van der Waals surface area contributed by atoms with Gasteiger partial charge in [-0.2, -0.15) is 0 Å². The third-order valence-corrected chi connectivity index (χ3v) is 8.71. The number of carbonyl (C=O) groups is 1. The van der Waals surface area contributed by atoms with Gasteiger partial charge < -0.3 is 14.4 Å². The number of nitrogens with zero attached hydrogens (tertiary/aromatic N) is 4. The minimum atomic E-state index is -3.71. The lowest BCUT2D eigenvalue weighted by molar-refractivity contribution is -0.136. The Morgan fingerprint density at radius 2 is 1.97 bits per heavy atom. The van der Waals surface area contributed by atoms with E-state index >= 15 is 0 Å². The number of anilines is 2. The average Bonchev–Trinajstić information content (AvgIpc) is 3.53. The number of hydrogen-bond donors (Lipinski definition) is 1. The smallest absolute Gasteiger partial charge is 0.263 e. The number of carbonyl (C=O) groups excluding carboxylic acids is 1. The van der Waals surface area contributed by atoms with E-state index < -0.39 is 16.1 Å². The Hall–Kier alpha value is -3.44. The molecule has 0 aliphatic carbocycles. The van der Waals surface area contributed by atoms with Gasteiger partial charge in [-0.05, 0) is 50.2 Å². The van der Waals surface area contributed by atoms with Gasteiger partial charge in [0, 0.05) is 58.8 Å². The van der Waals surface area contributed by atoms with Crippen molar-refractivity contribution >= 4 is 49.0 Å². The van der Waals surface area contributed by atoms with E-state index in [9.17, 15) is 17.6 Å². The minimum absolute atomic E-state index is 0. The first kappa shape index (κ1) is 24.3. The second kappa shape index (κ2) is 9.55. The summed E-state index contributed by atoms with van der Waals surface area (Å²) in [4.78, 5) is 21.5. The van der Waals surface area contributed by atoms with Gasteiger partial charge in [0.15, 0.2) is 5.13 Å². The molecule has 2 atom stereocenters. The van der Waals surface area contributed by atoms with Gasteiger partial charge in [-0.15, -0.1) is 11.3 Å². The number of hydrogen-bond acceptors (Lipinski definition) is 6. The van der Waals surface area contributed by atoms with Gasteiger partial charge in [0.05, 0.1) is 10.4 Å². The van der Waals surface area contributed by atoms with Crippen LogP contribution in [0.3, 0.4) is 0 Å². The fourth-order valence-electron chi connectivity index (χ4n) is 4.66. The summed E-state index contributed by atoms with van der Waals surface area (Å²) < 4.78 is 43.8. The Morgan fingerprint density at radius 1 is 1.19 bits per heavy atom. The summed E-state index contributed by atoms with van der Waals surface area (Å²) in [6.07, 6.45) is 3.30. The second-order valence-electron chi connectivity index (χ2n) is 8.84. The number of aromatic nitrogens is 2. The topological polar surface area (TPSA) is 87.5 Å². The number of rotatable bonds is 6. The third-order valence-electron chi connectivity index (χ3n) is 6.54. The summed E-state index contributed by atoms with van der Waals surface area (Å²) in [5, 5.41) is 2.78. The normalized spacial score (nSPS) is 17.4. The van der Waals surface area contributed by atoms with Gasteiger partial charge in [0.1, 0.15) is 11.9 Å². The zero-order valence-electron chi connectivity index (χ0n) is 19.8. The number of thiazole rings is 1. The van der Waals surface area contributed by atoms with Crippen LogP contribution in [0.5, 0.6) is 0 Å². The molecule has 2 aromatic heterocycles. The lowest BCUT2D eigenvalue weighted by Crippen LogP contribution is -2.55. The van der Waals surface area contributed by atoms with E-state index in [2.05, 4.69) is 14.6 Å². The highest BCUT2D eigenvalue weighted by Crippen LogP contribution is 2.27. The van der Waals surface area contributed by atoms with E-state index in [-0.39, 0.29) is 26.9 Å². The third kappa shape index (κ3) is 4.56. The second-order valence-corrected chi connectivity index (χ2v) is 11.4. The van der Waals surface area contributed by atoms with Crippen LogP contribution in [0.15, 0.2) is 71.2 Å². The minimum Gasteiger partial charge on any atom is -0.368 e. The van der Waals surface area contributed by atoms with Gasteiger partial charge in [0.25, 0.3) is 10.0 Å². The Bertz CT molecular complexity index is 1500. The van der Waals surface area contributed by atoms with Crippen molar-refractivity contribution in [2.75, 3.05) is 29.3 Å². The zero-order chi connectivity index (χ0) is 25.4. The summed E-state index contributed by atoms with van der Waals surface area (Å²) in [6.45, 7) is 5.50. The van der Waals surface area contributed by atoms with Gasteiger partial charge in [-0.3, -0.25) is 9.52 Å². The number of sulfonamides is 1. The number of para-hydroxylation sites is 1. The van der Waals surface area contributed by atoms with Crippen LogP contribution in [-0.2, 0) is 14.8 Å². The van der Waals surface area contributed by atoms with Crippen LogP contribution in [0.25, 0.3) is 10.9 Å². The molecule has 1 fully saturated rings. The Labute approximate surface area is 217 Å². The van der Waals surface area contributed by atoms with Crippen LogP contribution in [-0.4, -0.2) is 54.5 Å². The number of piperazine rings is 1. The summed E-state index contributed by atoms with van der Waals surface area (Å²) in [5.74, 6) is -0.403. The maximum Gasteiger partial charge on any atom is 0.263 e. The fraction of sp³-hybridized carbons (Fsp3) is 0.280.